The monoisotopic (exact) mass is 684 g/mol. The largest absolute Gasteiger partial charge is 1.00 e. The number of halogens is 1. The van der Waals surface area contributed by atoms with Gasteiger partial charge in [0.05, 0.1) is 12.1 Å². The number of nitrogens with zero attached hydrogens (tertiary/aromatic N) is 2. The predicted octanol–water partition coefficient (Wildman–Crippen LogP) is 6.14. The van der Waals surface area contributed by atoms with Crippen molar-refractivity contribution in [1.29, 1.82) is 0 Å². The molecule has 0 unspecified atom stereocenters. The fourth-order valence-electron chi connectivity index (χ4n) is 5.31. The third-order valence-corrected chi connectivity index (χ3v) is 8.13. The van der Waals surface area contributed by atoms with E-state index in [1.807, 2.05) is 12.4 Å². The van der Waals surface area contributed by atoms with Gasteiger partial charge in [-0.3, -0.25) is 9.98 Å². The second-order valence-corrected chi connectivity index (χ2v) is 15.9. The van der Waals surface area contributed by atoms with Crippen molar-refractivity contribution in [2.24, 2.45) is 9.98 Å². The van der Waals surface area contributed by atoms with E-state index in [1.165, 1.54) is 11.1 Å². The number of phenolic OH excluding ortho intramolecular Hbond substituents is 2. The van der Waals surface area contributed by atoms with E-state index in [4.69, 9.17) is 9.98 Å². The Morgan fingerprint density at radius 3 is 1.14 bits per heavy atom. The Balaban J connectivity index is 0.00000441. The Morgan fingerprint density at radius 1 is 0.571 bits per heavy atom. The van der Waals surface area contributed by atoms with E-state index < -0.39 is 0 Å². The van der Waals surface area contributed by atoms with Gasteiger partial charge in [-0.05, 0) is 57.8 Å². The van der Waals surface area contributed by atoms with Crippen molar-refractivity contribution >= 4 is 12.4 Å². The molecule has 0 aliphatic heterocycles. The molecule has 4 nitrogen and oxygen atoms in total. The molecule has 42 heavy (non-hydrogen) atoms. The molecule has 2 aromatic carbocycles. The average molecular weight is 686 g/mol. The maximum atomic E-state index is 11.2. The third kappa shape index (κ3) is 9.43. The molecular weight excluding hydrogens is 631 g/mol. The van der Waals surface area contributed by atoms with Crippen molar-refractivity contribution in [3.05, 3.63) is 57.6 Å². The first-order chi connectivity index (χ1) is 18.2. The Morgan fingerprint density at radius 2 is 0.881 bits per heavy atom. The molecule has 3 rings (SSSR count). The summed E-state index contributed by atoms with van der Waals surface area (Å²) in [6.07, 6.45) is 7.90. The van der Waals surface area contributed by atoms with Crippen molar-refractivity contribution in [3.8, 4) is 11.5 Å². The Kier molecular flexibility index (Phi) is 12.8. The van der Waals surface area contributed by atoms with Crippen LogP contribution in [0, 0.1) is 0 Å². The number of hydrogen-bond acceptors (Lipinski definition) is 4. The summed E-state index contributed by atoms with van der Waals surface area (Å²) in [6, 6.07) is 8.53. The van der Waals surface area contributed by atoms with Gasteiger partial charge >= 0.3 is 0 Å². The molecule has 0 bridgehead atoms. The van der Waals surface area contributed by atoms with Gasteiger partial charge < -0.3 is 27.2 Å². The van der Waals surface area contributed by atoms with Gasteiger partial charge in [-0.25, -0.2) is 0 Å². The second-order valence-electron chi connectivity index (χ2n) is 15.9. The van der Waals surface area contributed by atoms with Gasteiger partial charge in [0, 0.05) is 51.5 Å². The van der Waals surface area contributed by atoms with Gasteiger partial charge in [0.1, 0.15) is 11.5 Å². The second kappa shape index (κ2) is 14.0. The first-order valence-electron chi connectivity index (χ1n) is 15.0. The van der Waals surface area contributed by atoms with Gasteiger partial charge in [0.25, 0.3) is 0 Å². The number of hydrogen-bond donors (Lipinski definition) is 2. The minimum atomic E-state index is -0.179. The molecule has 1 fully saturated rings. The van der Waals surface area contributed by atoms with Gasteiger partial charge in [-0.15, -0.1) is 0 Å². The molecule has 0 heterocycles. The summed E-state index contributed by atoms with van der Waals surface area (Å²) >= 11 is 0. The van der Waals surface area contributed by atoms with Crippen molar-refractivity contribution in [2.75, 3.05) is 0 Å². The molecule has 1 aliphatic rings. The summed E-state index contributed by atoms with van der Waals surface area (Å²) in [7, 11) is 0. The zero-order valence-corrected chi connectivity index (χ0v) is 30.6. The van der Waals surface area contributed by atoms with E-state index in [2.05, 4.69) is 107 Å². The van der Waals surface area contributed by atoms with Crippen LogP contribution in [0.25, 0.3) is 0 Å². The van der Waals surface area contributed by atoms with Crippen LogP contribution in [0.1, 0.15) is 142 Å². The van der Waals surface area contributed by atoms with Crippen LogP contribution >= 0.6 is 0 Å². The van der Waals surface area contributed by atoms with Gasteiger partial charge in [0.15, 0.2) is 0 Å². The van der Waals surface area contributed by atoms with E-state index in [1.54, 1.807) is 0 Å². The number of aliphatic imine (C=N–C) groups is 2. The van der Waals surface area contributed by atoms with Crippen LogP contribution in [0.3, 0.4) is 0 Å². The number of phenols is 2. The van der Waals surface area contributed by atoms with Crippen LogP contribution in [0.2, 0.25) is 0 Å². The van der Waals surface area contributed by atoms with Crippen LogP contribution in [-0.4, -0.2) is 34.7 Å². The van der Waals surface area contributed by atoms with Gasteiger partial charge in [-0.2, -0.15) is 0 Å². The molecule has 237 valence electrons. The smallest absolute Gasteiger partial charge is 0.128 e. The molecule has 1 saturated carbocycles. The summed E-state index contributed by atoms with van der Waals surface area (Å²) in [5, 5.41) is 22.5. The quantitative estimate of drug-likeness (QED) is 0.380. The summed E-state index contributed by atoms with van der Waals surface area (Å²) in [4.78, 5) is 10.1. The fraction of sp³-hybridized carbons (Fsp3) is 0.611. The number of aromatic hydroxyl groups is 2. The molecule has 2 aromatic rings. The molecule has 1 radical (unpaired) electrons. The minimum absolute atomic E-state index is 0. The van der Waals surface area contributed by atoms with E-state index in [9.17, 15) is 10.2 Å². The summed E-state index contributed by atoms with van der Waals surface area (Å²) in [5.74, 6) is 0.637. The molecule has 0 saturated heterocycles. The Bertz CT molecular complexity index is 1170. The number of rotatable bonds is 4. The van der Waals surface area contributed by atoms with Crippen molar-refractivity contribution in [1.82, 2.24) is 0 Å². The van der Waals surface area contributed by atoms with Gasteiger partial charge in [-0.1, -0.05) is 108 Å². The van der Waals surface area contributed by atoms with Crippen molar-refractivity contribution < 1.29 is 44.0 Å². The van der Waals surface area contributed by atoms with Crippen LogP contribution in [0.15, 0.2) is 34.3 Å². The minimum Gasteiger partial charge on any atom is -1.00 e. The SMILES string of the molecule is CC(C)(C)c1cc(C=N[C@@H]2CCCC[C@H]2N=Cc2cc(C(C)(C)C)cc(C(C)(C)C)c2O)c(O)c(C(C)(C)C)c1.[Br-].[Co]. The zero-order valence-electron chi connectivity index (χ0n) is 27.9. The van der Waals surface area contributed by atoms with E-state index >= 15 is 0 Å². The summed E-state index contributed by atoms with van der Waals surface area (Å²) in [6.45, 7) is 26.0. The van der Waals surface area contributed by atoms with Crippen LogP contribution in [0.4, 0.5) is 0 Å². The predicted molar refractivity (Wildman–Crippen MR) is 172 cm³/mol. The van der Waals surface area contributed by atoms with Crippen LogP contribution in [0.5, 0.6) is 11.5 Å². The van der Waals surface area contributed by atoms with Crippen molar-refractivity contribution in [3.63, 3.8) is 0 Å². The first kappa shape index (κ1) is 38.4. The molecular formula is C36H54BrCoN2O2-. The summed E-state index contributed by atoms with van der Waals surface area (Å²) < 4.78 is 0. The molecule has 0 spiro atoms. The van der Waals surface area contributed by atoms with Crippen LogP contribution < -0.4 is 17.0 Å². The normalized spacial score (nSPS) is 18.7. The number of benzene rings is 2. The zero-order chi connectivity index (χ0) is 30.3. The Hall–Kier alpha value is -1.63. The molecule has 1 aliphatic carbocycles. The third-order valence-electron chi connectivity index (χ3n) is 8.13. The van der Waals surface area contributed by atoms with Crippen LogP contribution in [-0.2, 0) is 38.4 Å². The molecule has 2 atom stereocenters. The molecule has 6 heteroatoms. The molecule has 0 amide bonds. The maximum absolute atomic E-state index is 11.2. The molecule has 2 N–H and O–H groups in total. The molecule has 0 aromatic heterocycles. The van der Waals surface area contributed by atoms with E-state index in [-0.39, 0.29) is 67.5 Å². The fourth-order valence-corrected chi connectivity index (χ4v) is 5.31. The van der Waals surface area contributed by atoms with Gasteiger partial charge in [0.2, 0.25) is 0 Å². The average Bonchev–Trinajstić information content (AvgIpc) is 2.80. The topological polar surface area (TPSA) is 65.2 Å². The maximum Gasteiger partial charge on any atom is 0.128 e. The standard InChI is InChI=1S/C36H54N2O2.BrH.Co/c1-33(2,3)25-17-23(31(39)27(19-25)35(7,8)9)21-37-29-15-13-14-16-30(29)38-22-24-18-26(34(4,5)6)20-28(32(24)40)36(10,11)12;;/h17-22,29-30,39-40H,13-16H2,1-12H3;1H;/p-1/t29-,30-;;/m1../s1. The summed E-state index contributed by atoms with van der Waals surface area (Å²) in [5.41, 5.74) is 5.39. The Labute approximate surface area is 276 Å². The van der Waals surface area contributed by atoms with E-state index in [0.29, 0.717) is 11.5 Å². The van der Waals surface area contributed by atoms with E-state index in [0.717, 1.165) is 47.9 Å². The first-order valence-corrected chi connectivity index (χ1v) is 15.0. The van der Waals surface area contributed by atoms with Crippen molar-refractivity contribution in [2.45, 2.75) is 143 Å².